The van der Waals surface area contributed by atoms with Crippen LogP contribution in [-0.4, -0.2) is 22.4 Å². The van der Waals surface area contributed by atoms with Crippen LogP contribution in [0, 0.1) is 6.92 Å². The maximum absolute atomic E-state index is 12.9. The van der Waals surface area contributed by atoms with E-state index < -0.39 is 0 Å². The van der Waals surface area contributed by atoms with Gasteiger partial charge in [0.05, 0.1) is 22.3 Å². The van der Waals surface area contributed by atoms with Crippen LogP contribution in [0.2, 0.25) is 10.0 Å². The Morgan fingerprint density at radius 1 is 1.00 bits per heavy atom. The van der Waals surface area contributed by atoms with Gasteiger partial charge in [0, 0.05) is 12.7 Å². The number of hydrogen-bond donors (Lipinski definition) is 0. The largest absolute Gasteiger partial charge is 0.484 e. The second-order valence-electron chi connectivity index (χ2n) is 6.42. The Balaban J connectivity index is 1.74. The molecule has 0 N–H and O–H groups in total. The molecule has 0 aliphatic rings. The van der Waals surface area contributed by atoms with Crippen LogP contribution in [0.1, 0.15) is 16.8 Å². The molecule has 1 amide bonds. The Kier molecular flexibility index (Phi) is 6.90. The molecular formula is C22H20Cl2N2O2. The molecule has 0 aliphatic carbocycles. The van der Waals surface area contributed by atoms with Crippen LogP contribution in [-0.2, 0) is 17.9 Å². The molecule has 0 unspecified atom stereocenters. The van der Waals surface area contributed by atoms with Crippen molar-refractivity contribution in [2.45, 2.75) is 20.0 Å². The lowest BCUT2D eigenvalue weighted by molar-refractivity contribution is -0.134. The van der Waals surface area contributed by atoms with Crippen molar-refractivity contribution in [2.75, 3.05) is 6.61 Å². The summed E-state index contributed by atoms with van der Waals surface area (Å²) in [5.41, 5.74) is 2.76. The fourth-order valence-electron chi connectivity index (χ4n) is 2.72. The molecule has 0 radical (unpaired) electrons. The number of halogens is 2. The van der Waals surface area contributed by atoms with Crippen molar-refractivity contribution in [1.82, 2.24) is 9.88 Å². The SMILES string of the molecule is Cc1cccc(OCC(=O)N(Cc2ccc(Cl)c(Cl)c2)Cc2ccccn2)c1. The highest BCUT2D eigenvalue weighted by molar-refractivity contribution is 6.42. The van der Waals surface area contributed by atoms with Gasteiger partial charge in [-0.15, -0.1) is 0 Å². The van der Waals surface area contributed by atoms with Crippen molar-refractivity contribution in [3.63, 3.8) is 0 Å². The summed E-state index contributed by atoms with van der Waals surface area (Å²) in [5.74, 6) is 0.527. The standard InChI is InChI=1S/C22H20Cl2N2O2/c1-16-5-4-7-19(11-16)28-15-22(27)26(14-18-6-2-3-10-25-18)13-17-8-9-20(23)21(24)12-17/h2-12H,13-15H2,1H3. The molecular weight excluding hydrogens is 395 g/mol. The summed E-state index contributed by atoms with van der Waals surface area (Å²) >= 11 is 12.1. The Bertz CT molecular complexity index is 948. The lowest BCUT2D eigenvalue weighted by atomic mass is 10.2. The van der Waals surface area contributed by atoms with E-state index in [9.17, 15) is 4.79 Å². The van der Waals surface area contributed by atoms with Gasteiger partial charge in [-0.2, -0.15) is 0 Å². The van der Waals surface area contributed by atoms with Crippen LogP contribution in [0.5, 0.6) is 5.75 Å². The molecule has 3 aromatic rings. The number of nitrogens with zero attached hydrogens (tertiary/aromatic N) is 2. The molecule has 6 heteroatoms. The summed E-state index contributed by atoms with van der Waals surface area (Å²) in [6, 6.07) is 18.6. The maximum Gasteiger partial charge on any atom is 0.261 e. The van der Waals surface area contributed by atoms with Gasteiger partial charge in [0.15, 0.2) is 6.61 Å². The number of aromatic nitrogens is 1. The van der Waals surface area contributed by atoms with E-state index in [0.717, 1.165) is 16.8 Å². The van der Waals surface area contributed by atoms with Crippen LogP contribution in [0.15, 0.2) is 66.9 Å². The second-order valence-corrected chi connectivity index (χ2v) is 7.24. The van der Waals surface area contributed by atoms with E-state index in [2.05, 4.69) is 4.98 Å². The highest BCUT2D eigenvalue weighted by atomic mass is 35.5. The van der Waals surface area contributed by atoms with E-state index in [4.69, 9.17) is 27.9 Å². The van der Waals surface area contributed by atoms with E-state index in [-0.39, 0.29) is 12.5 Å². The highest BCUT2D eigenvalue weighted by Gasteiger charge is 2.17. The summed E-state index contributed by atoms with van der Waals surface area (Å²) in [6.45, 7) is 2.67. The summed E-state index contributed by atoms with van der Waals surface area (Å²) in [4.78, 5) is 18.9. The van der Waals surface area contributed by atoms with Crippen molar-refractivity contribution in [3.8, 4) is 5.75 Å². The van der Waals surface area contributed by atoms with Crippen molar-refractivity contribution >= 4 is 29.1 Å². The molecule has 0 fully saturated rings. The third-order valence-corrected chi connectivity index (χ3v) is 4.88. The van der Waals surface area contributed by atoms with Gasteiger partial charge >= 0.3 is 0 Å². The predicted molar refractivity (Wildman–Crippen MR) is 112 cm³/mol. The Morgan fingerprint density at radius 3 is 2.57 bits per heavy atom. The molecule has 1 aromatic heterocycles. The van der Waals surface area contributed by atoms with Crippen LogP contribution >= 0.6 is 23.2 Å². The second kappa shape index (κ2) is 9.58. The summed E-state index contributed by atoms with van der Waals surface area (Å²) in [6.07, 6.45) is 1.71. The number of rotatable bonds is 7. The molecule has 1 heterocycles. The van der Waals surface area contributed by atoms with Gasteiger partial charge in [-0.05, 0) is 54.4 Å². The van der Waals surface area contributed by atoms with E-state index >= 15 is 0 Å². The lowest BCUT2D eigenvalue weighted by Crippen LogP contribution is -2.34. The summed E-state index contributed by atoms with van der Waals surface area (Å²) < 4.78 is 5.69. The van der Waals surface area contributed by atoms with Gasteiger partial charge in [-0.25, -0.2) is 0 Å². The lowest BCUT2D eigenvalue weighted by Gasteiger charge is -2.23. The number of carbonyl (C=O) groups excluding carboxylic acids is 1. The predicted octanol–water partition coefficient (Wildman–Crippen LogP) is 5.30. The van der Waals surface area contributed by atoms with Gasteiger partial charge in [-0.3, -0.25) is 9.78 Å². The van der Waals surface area contributed by atoms with Crippen LogP contribution in [0.4, 0.5) is 0 Å². The number of carbonyl (C=O) groups is 1. The summed E-state index contributed by atoms with van der Waals surface area (Å²) in [5, 5.41) is 0.941. The minimum Gasteiger partial charge on any atom is -0.484 e. The highest BCUT2D eigenvalue weighted by Crippen LogP contribution is 2.23. The van der Waals surface area contributed by atoms with Crippen molar-refractivity contribution in [1.29, 1.82) is 0 Å². The number of aryl methyl sites for hydroxylation is 1. The summed E-state index contributed by atoms with van der Waals surface area (Å²) in [7, 11) is 0. The topological polar surface area (TPSA) is 42.4 Å². The smallest absolute Gasteiger partial charge is 0.261 e. The molecule has 144 valence electrons. The van der Waals surface area contributed by atoms with Crippen LogP contribution in [0.25, 0.3) is 0 Å². The molecule has 4 nitrogen and oxygen atoms in total. The van der Waals surface area contributed by atoms with E-state index in [0.29, 0.717) is 28.9 Å². The van der Waals surface area contributed by atoms with Crippen LogP contribution in [0.3, 0.4) is 0 Å². The number of benzene rings is 2. The zero-order valence-electron chi connectivity index (χ0n) is 15.4. The molecule has 0 atom stereocenters. The fourth-order valence-corrected chi connectivity index (χ4v) is 3.04. The van der Waals surface area contributed by atoms with Gasteiger partial charge < -0.3 is 9.64 Å². The first-order chi connectivity index (χ1) is 13.5. The number of amides is 1. The van der Waals surface area contributed by atoms with E-state index in [1.165, 1.54) is 0 Å². The average molecular weight is 415 g/mol. The molecule has 3 rings (SSSR count). The molecule has 0 saturated carbocycles. The third-order valence-electron chi connectivity index (χ3n) is 4.14. The number of hydrogen-bond acceptors (Lipinski definition) is 3. The minimum absolute atomic E-state index is 0.0579. The van der Waals surface area contributed by atoms with Gasteiger partial charge in [0.25, 0.3) is 5.91 Å². The molecule has 0 aliphatic heterocycles. The maximum atomic E-state index is 12.9. The van der Waals surface area contributed by atoms with Crippen LogP contribution < -0.4 is 4.74 Å². The van der Waals surface area contributed by atoms with Crippen molar-refractivity contribution < 1.29 is 9.53 Å². The van der Waals surface area contributed by atoms with Crippen molar-refractivity contribution in [2.24, 2.45) is 0 Å². The number of ether oxygens (including phenoxy) is 1. The zero-order chi connectivity index (χ0) is 19.9. The average Bonchev–Trinajstić information content (AvgIpc) is 2.69. The zero-order valence-corrected chi connectivity index (χ0v) is 17.0. The minimum atomic E-state index is -0.141. The third kappa shape index (κ3) is 5.72. The number of pyridine rings is 1. The first kappa shape index (κ1) is 20.2. The molecule has 0 saturated heterocycles. The van der Waals surface area contributed by atoms with E-state index in [1.54, 1.807) is 23.2 Å². The Hall–Kier alpha value is -2.56. The molecule has 28 heavy (non-hydrogen) atoms. The Morgan fingerprint density at radius 2 is 1.86 bits per heavy atom. The van der Waals surface area contributed by atoms with E-state index in [1.807, 2.05) is 55.5 Å². The first-order valence-corrected chi connectivity index (χ1v) is 9.58. The molecule has 0 spiro atoms. The van der Waals surface area contributed by atoms with Gasteiger partial charge in [-0.1, -0.05) is 47.5 Å². The molecule has 0 bridgehead atoms. The monoisotopic (exact) mass is 414 g/mol. The van der Waals surface area contributed by atoms with Crippen molar-refractivity contribution in [3.05, 3.63) is 93.7 Å². The fraction of sp³-hybridized carbons (Fsp3) is 0.182. The Labute approximate surface area is 174 Å². The van der Waals surface area contributed by atoms with Gasteiger partial charge in [0.2, 0.25) is 0 Å². The normalized spacial score (nSPS) is 10.5. The van der Waals surface area contributed by atoms with Gasteiger partial charge in [0.1, 0.15) is 5.75 Å². The quantitative estimate of drug-likeness (QED) is 0.526. The molecule has 2 aromatic carbocycles. The first-order valence-electron chi connectivity index (χ1n) is 8.82.